The minimum Gasteiger partial charge on any atom is -0.481 e. The van der Waals surface area contributed by atoms with Gasteiger partial charge in [-0.25, -0.2) is 13.8 Å². The summed E-state index contributed by atoms with van der Waals surface area (Å²) in [5, 5.41) is 8.69. The monoisotopic (exact) mass is 252 g/mol. The lowest BCUT2D eigenvalue weighted by Crippen LogP contribution is -2.01. The van der Waals surface area contributed by atoms with Crippen LogP contribution in [0.5, 0.6) is 0 Å². The minimum atomic E-state index is -0.999. The third kappa shape index (κ3) is 2.37. The number of aromatic amines is 1. The Labute approximate surface area is 101 Å². The summed E-state index contributed by atoms with van der Waals surface area (Å²) in [6.07, 6.45) is -0.216. The number of aromatic nitrogens is 2. The molecule has 0 aliphatic rings. The van der Waals surface area contributed by atoms with Gasteiger partial charge in [0.15, 0.2) is 11.6 Å². The van der Waals surface area contributed by atoms with E-state index in [4.69, 9.17) is 5.11 Å². The van der Waals surface area contributed by atoms with E-state index in [1.807, 2.05) is 0 Å². The van der Waals surface area contributed by atoms with E-state index < -0.39 is 17.6 Å². The molecule has 4 nitrogen and oxygen atoms in total. The van der Waals surface area contributed by atoms with Crippen molar-refractivity contribution in [3.63, 3.8) is 0 Å². The van der Waals surface area contributed by atoms with Gasteiger partial charge in [0.1, 0.15) is 5.82 Å². The van der Waals surface area contributed by atoms with Crippen LogP contribution in [-0.2, 0) is 11.2 Å². The van der Waals surface area contributed by atoms with Crippen molar-refractivity contribution in [2.45, 2.75) is 13.3 Å². The average Bonchev–Trinajstić information content (AvgIpc) is 2.63. The van der Waals surface area contributed by atoms with Gasteiger partial charge in [-0.3, -0.25) is 4.79 Å². The van der Waals surface area contributed by atoms with Crippen molar-refractivity contribution in [2.75, 3.05) is 0 Å². The van der Waals surface area contributed by atoms with E-state index in [0.29, 0.717) is 22.8 Å². The van der Waals surface area contributed by atoms with Gasteiger partial charge in [-0.05, 0) is 25.1 Å². The molecule has 0 aliphatic heterocycles. The molecule has 18 heavy (non-hydrogen) atoms. The lowest BCUT2D eigenvalue weighted by Gasteiger charge is -1.97. The van der Waals surface area contributed by atoms with E-state index in [-0.39, 0.29) is 6.42 Å². The number of hydrogen-bond acceptors (Lipinski definition) is 2. The van der Waals surface area contributed by atoms with Crippen LogP contribution < -0.4 is 0 Å². The predicted octanol–water partition coefficient (Wildman–Crippen LogP) is 2.29. The Bertz CT molecular complexity index is 608. The van der Waals surface area contributed by atoms with Crippen LogP contribution in [0.2, 0.25) is 0 Å². The maximum atomic E-state index is 13.1. The Morgan fingerprint density at radius 3 is 2.72 bits per heavy atom. The van der Waals surface area contributed by atoms with Crippen LogP contribution in [0.4, 0.5) is 8.78 Å². The number of carboxylic acid groups (broad SMARTS) is 1. The lowest BCUT2D eigenvalue weighted by molar-refractivity contribution is -0.136. The van der Waals surface area contributed by atoms with Crippen molar-refractivity contribution in [3.05, 3.63) is 41.2 Å². The Kier molecular flexibility index (Phi) is 3.10. The normalized spacial score (nSPS) is 10.6. The number of aryl methyl sites for hydroxylation is 1. The van der Waals surface area contributed by atoms with Crippen molar-refractivity contribution < 1.29 is 18.7 Å². The van der Waals surface area contributed by atoms with Crippen molar-refractivity contribution in [3.8, 4) is 11.4 Å². The van der Waals surface area contributed by atoms with Gasteiger partial charge in [0.2, 0.25) is 0 Å². The Balaban J connectivity index is 2.39. The molecule has 0 bridgehead atoms. The number of nitrogens with one attached hydrogen (secondary N) is 1. The molecule has 0 unspecified atom stereocenters. The fraction of sp³-hybridized carbons (Fsp3) is 0.167. The zero-order chi connectivity index (χ0) is 13.3. The minimum absolute atomic E-state index is 0.216. The van der Waals surface area contributed by atoms with Crippen molar-refractivity contribution in [2.24, 2.45) is 0 Å². The largest absolute Gasteiger partial charge is 0.481 e. The molecule has 0 spiro atoms. The molecule has 0 aliphatic carbocycles. The van der Waals surface area contributed by atoms with Gasteiger partial charge in [0, 0.05) is 11.3 Å². The first-order valence-corrected chi connectivity index (χ1v) is 5.20. The van der Waals surface area contributed by atoms with Crippen LogP contribution in [-0.4, -0.2) is 21.0 Å². The molecule has 6 heteroatoms. The fourth-order valence-corrected chi connectivity index (χ4v) is 1.59. The van der Waals surface area contributed by atoms with Crippen LogP contribution in [0.1, 0.15) is 11.4 Å². The molecular weight excluding hydrogens is 242 g/mol. The summed E-state index contributed by atoms with van der Waals surface area (Å²) < 4.78 is 25.9. The van der Waals surface area contributed by atoms with Crippen molar-refractivity contribution in [1.29, 1.82) is 0 Å². The Morgan fingerprint density at radius 1 is 1.39 bits per heavy atom. The van der Waals surface area contributed by atoms with E-state index in [2.05, 4.69) is 9.97 Å². The molecule has 2 aromatic rings. The Hall–Kier alpha value is -2.24. The Morgan fingerprint density at radius 2 is 2.11 bits per heavy atom. The molecule has 2 rings (SSSR count). The second-order valence-corrected chi connectivity index (χ2v) is 3.86. The van der Waals surface area contributed by atoms with E-state index in [1.165, 1.54) is 6.07 Å². The maximum absolute atomic E-state index is 13.1. The first-order chi connectivity index (χ1) is 8.47. The second kappa shape index (κ2) is 4.56. The summed E-state index contributed by atoms with van der Waals surface area (Å²) in [6, 6.07) is 3.39. The lowest BCUT2D eigenvalue weighted by atomic mass is 10.2. The quantitative estimate of drug-likeness (QED) is 0.880. The number of benzene rings is 1. The smallest absolute Gasteiger partial charge is 0.309 e. The van der Waals surface area contributed by atoms with Gasteiger partial charge in [-0.1, -0.05) is 0 Å². The molecule has 0 amide bonds. The highest BCUT2D eigenvalue weighted by molar-refractivity contribution is 5.70. The third-order valence-electron chi connectivity index (χ3n) is 2.50. The molecule has 0 saturated carbocycles. The van der Waals surface area contributed by atoms with Crippen LogP contribution in [0.3, 0.4) is 0 Å². The molecule has 0 radical (unpaired) electrons. The van der Waals surface area contributed by atoms with Crippen LogP contribution in [0.15, 0.2) is 18.2 Å². The number of hydrogen-bond donors (Lipinski definition) is 2. The first kappa shape index (κ1) is 12.2. The first-order valence-electron chi connectivity index (χ1n) is 5.20. The van der Waals surface area contributed by atoms with E-state index in [9.17, 15) is 13.6 Å². The third-order valence-corrected chi connectivity index (χ3v) is 2.50. The summed E-state index contributed by atoms with van der Waals surface area (Å²) in [5.41, 5.74) is 1.34. The second-order valence-electron chi connectivity index (χ2n) is 3.86. The summed E-state index contributed by atoms with van der Waals surface area (Å²) >= 11 is 0. The number of H-pyrrole nitrogens is 1. The summed E-state index contributed by atoms with van der Waals surface area (Å²) in [7, 11) is 0. The number of aliphatic carboxylic acids is 1. The number of carboxylic acids is 1. The zero-order valence-corrected chi connectivity index (χ0v) is 9.50. The summed E-state index contributed by atoms with van der Waals surface area (Å²) in [4.78, 5) is 17.5. The topological polar surface area (TPSA) is 66.0 Å². The maximum Gasteiger partial charge on any atom is 0.309 e. The molecule has 0 saturated heterocycles. The fourth-order valence-electron chi connectivity index (χ4n) is 1.59. The van der Waals surface area contributed by atoms with Crippen molar-refractivity contribution in [1.82, 2.24) is 9.97 Å². The van der Waals surface area contributed by atoms with E-state index >= 15 is 0 Å². The average molecular weight is 252 g/mol. The summed E-state index contributed by atoms with van der Waals surface area (Å²) in [5.74, 6) is -2.58. The number of nitrogens with zero attached hydrogens (tertiary/aromatic N) is 1. The van der Waals surface area contributed by atoms with Gasteiger partial charge in [0.25, 0.3) is 0 Å². The van der Waals surface area contributed by atoms with Gasteiger partial charge in [-0.2, -0.15) is 0 Å². The van der Waals surface area contributed by atoms with Gasteiger partial charge >= 0.3 is 5.97 Å². The molecule has 94 valence electrons. The number of halogens is 2. The molecule has 1 aromatic heterocycles. The molecule has 1 heterocycles. The number of rotatable bonds is 3. The van der Waals surface area contributed by atoms with Gasteiger partial charge in [0.05, 0.1) is 12.1 Å². The van der Waals surface area contributed by atoms with E-state index in [1.54, 1.807) is 6.92 Å². The van der Waals surface area contributed by atoms with Crippen LogP contribution >= 0.6 is 0 Å². The number of imidazole rings is 1. The highest BCUT2D eigenvalue weighted by atomic mass is 19.2. The highest BCUT2D eigenvalue weighted by Gasteiger charge is 2.12. The summed E-state index contributed by atoms with van der Waals surface area (Å²) in [6.45, 7) is 1.68. The standard InChI is InChI=1S/C12H10F2N2O2/c1-6-10(5-11(17)18)16-12(15-6)7-2-3-8(13)9(14)4-7/h2-4H,5H2,1H3,(H,15,16)(H,17,18). The number of carbonyl (C=O) groups is 1. The molecule has 0 fully saturated rings. The van der Waals surface area contributed by atoms with E-state index in [0.717, 1.165) is 12.1 Å². The van der Waals surface area contributed by atoms with Crippen LogP contribution in [0.25, 0.3) is 11.4 Å². The SMILES string of the molecule is Cc1[nH]c(-c2ccc(F)c(F)c2)nc1CC(=O)O. The predicted molar refractivity (Wildman–Crippen MR) is 60.0 cm³/mol. The van der Waals surface area contributed by atoms with Gasteiger partial charge in [-0.15, -0.1) is 0 Å². The molecule has 2 N–H and O–H groups in total. The molecule has 0 atom stereocenters. The molecular formula is C12H10F2N2O2. The molecule has 1 aromatic carbocycles. The zero-order valence-electron chi connectivity index (χ0n) is 9.50. The highest BCUT2D eigenvalue weighted by Crippen LogP contribution is 2.20. The van der Waals surface area contributed by atoms with Gasteiger partial charge < -0.3 is 10.1 Å². The van der Waals surface area contributed by atoms with Crippen molar-refractivity contribution >= 4 is 5.97 Å². The van der Waals surface area contributed by atoms with Crippen LogP contribution in [0, 0.1) is 18.6 Å².